The van der Waals surface area contributed by atoms with Gasteiger partial charge in [-0.15, -0.1) is 0 Å². The molecule has 1 aliphatic rings. The van der Waals surface area contributed by atoms with Crippen molar-refractivity contribution in [2.75, 3.05) is 0 Å². The molecule has 0 aromatic heterocycles. The van der Waals surface area contributed by atoms with E-state index >= 15 is 0 Å². The fourth-order valence-electron chi connectivity index (χ4n) is 2.25. The van der Waals surface area contributed by atoms with Gasteiger partial charge in [-0.05, 0) is 43.2 Å². The fourth-order valence-corrected chi connectivity index (χ4v) is 2.97. The van der Waals surface area contributed by atoms with Crippen LogP contribution in [0, 0.1) is 6.92 Å². The van der Waals surface area contributed by atoms with Crippen LogP contribution in [0.2, 0.25) is 0 Å². The monoisotopic (exact) mass is 238 g/mol. The van der Waals surface area contributed by atoms with E-state index in [1.165, 1.54) is 24.8 Å². The van der Waals surface area contributed by atoms with Crippen LogP contribution in [0.1, 0.15) is 36.3 Å². The van der Waals surface area contributed by atoms with Crippen LogP contribution < -0.4 is 0 Å². The molecule has 0 aliphatic heterocycles. The molecule has 2 atom stereocenters. The minimum atomic E-state index is 0.747. The average molecular weight is 239 g/mol. The molecule has 0 nitrogen and oxygen atoms in total. The third-order valence-corrected chi connectivity index (χ3v) is 3.83. The van der Waals surface area contributed by atoms with Crippen molar-refractivity contribution >= 4 is 15.9 Å². The van der Waals surface area contributed by atoms with Crippen molar-refractivity contribution in [3.8, 4) is 0 Å². The molecule has 0 spiro atoms. The van der Waals surface area contributed by atoms with Crippen molar-refractivity contribution < 1.29 is 0 Å². The first kappa shape index (κ1) is 9.26. The Morgan fingerprint density at radius 2 is 2.00 bits per heavy atom. The summed E-state index contributed by atoms with van der Waals surface area (Å²) in [4.78, 5) is 0.747. The smallest absolute Gasteiger partial charge is 0.0151 e. The van der Waals surface area contributed by atoms with E-state index in [1.807, 2.05) is 0 Å². The molecule has 2 unspecified atom stereocenters. The van der Waals surface area contributed by atoms with Crippen molar-refractivity contribution in [3.05, 3.63) is 35.4 Å². The summed E-state index contributed by atoms with van der Waals surface area (Å²) in [5.74, 6) is 0.797. The lowest BCUT2D eigenvalue weighted by Gasteiger charge is -2.12. The summed E-state index contributed by atoms with van der Waals surface area (Å²) in [5.41, 5.74) is 3.01. The molecule has 0 heterocycles. The van der Waals surface area contributed by atoms with E-state index in [2.05, 4.69) is 47.1 Å². The summed E-state index contributed by atoms with van der Waals surface area (Å²) in [6.45, 7) is 2.22. The number of alkyl halides is 1. The molecule has 13 heavy (non-hydrogen) atoms. The number of rotatable bonds is 1. The Hall–Kier alpha value is -0.300. The van der Waals surface area contributed by atoms with Crippen LogP contribution in [0.5, 0.6) is 0 Å². The van der Waals surface area contributed by atoms with Crippen LogP contribution in [0.15, 0.2) is 24.3 Å². The normalized spacial score (nSPS) is 27.8. The van der Waals surface area contributed by atoms with Crippen molar-refractivity contribution in [2.24, 2.45) is 0 Å². The highest BCUT2D eigenvalue weighted by atomic mass is 79.9. The first-order chi connectivity index (χ1) is 6.27. The van der Waals surface area contributed by atoms with Crippen LogP contribution in [-0.4, -0.2) is 4.83 Å². The van der Waals surface area contributed by atoms with E-state index in [1.54, 1.807) is 5.56 Å². The van der Waals surface area contributed by atoms with Crippen LogP contribution in [0.3, 0.4) is 0 Å². The Kier molecular flexibility index (Phi) is 2.73. The fraction of sp³-hybridized carbons (Fsp3) is 0.500. The van der Waals surface area contributed by atoms with E-state index in [-0.39, 0.29) is 0 Å². The van der Waals surface area contributed by atoms with Gasteiger partial charge < -0.3 is 0 Å². The molecule has 0 amide bonds. The highest BCUT2D eigenvalue weighted by molar-refractivity contribution is 9.09. The van der Waals surface area contributed by atoms with Crippen LogP contribution in [-0.2, 0) is 0 Å². The van der Waals surface area contributed by atoms with Gasteiger partial charge >= 0.3 is 0 Å². The number of benzene rings is 1. The van der Waals surface area contributed by atoms with Gasteiger partial charge in [-0.25, -0.2) is 0 Å². The Labute approximate surface area is 88.5 Å². The molecule has 1 aromatic carbocycles. The first-order valence-electron chi connectivity index (χ1n) is 4.97. The van der Waals surface area contributed by atoms with Crippen molar-refractivity contribution in [3.63, 3.8) is 0 Å². The largest absolute Gasteiger partial charge is 0.0890 e. The molecule has 1 aliphatic carbocycles. The van der Waals surface area contributed by atoms with Crippen LogP contribution >= 0.6 is 15.9 Å². The van der Waals surface area contributed by atoms with E-state index in [9.17, 15) is 0 Å². The second kappa shape index (κ2) is 3.83. The predicted molar refractivity (Wildman–Crippen MR) is 60.5 cm³/mol. The summed E-state index contributed by atoms with van der Waals surface area (Å²) < 4.78 is 0. The lowest BCUT2D eigenvalue weighted by atomic mass is 9.94. The van der Waals surface area contributed by atoms with E-state index in [0.29, 0.717) is 0 Å². The standard InChI is InChI=1S/C12H15Br/c1-9-4-2-3-5-12(9)10-6-7-11(13)8-10/h2-5,10-11H,6-8H2,1H3. The molecule has 70 valence electrons. The zero-order valence-corrected chi connectivity index (χ0v) is 9.55. The van der Waals surface area contributed by atoms with Gasteiger partial charge in [-0.1, -0.05) is 40.2 Å². The summed E-state index contributed by atoms with van der Waals surface area (Å²) in [6.07, 6.45) is 3.99. The van der Waals surface area contributed by atoms with Crippen molar-refractivity contribution in [2.45, 2.75) is 36.9 Å². The van der Waals surface area contributed by atoms with Gasteiger partial charge in [0.25, 0.3) is 0 Å². The molecular weight excluding hydrogens is 224 g/mol. The maximum Gasteiger partial charge on any atom is 0.0151 e. The molecule has 1 heteroatoms. The lowest BCUT2D eigenvalue weighted by Crippen LogP contribution is -1.96. The van der Waals surface area contributed by atoms with Gasteiger partial charge in [0.1, 0.15) is 0 Å². The number of hydrogen-bond donors (Lipinski definition) is 0. The minimum Gasteiger partial charge on any atom is -0.0890 e. The molecule has 0 N–H and O–H groups in total. The Bertz CT molecular complexity index is 293. The Balaban J connectivity index is 2.21. The zero-order valence-electron chi connectivity index (χ0n) is 7.96. The molecule has 0 bridgehead atoms. The summed E-state index contributed by atoms with van der Waals surface area (Å²) in [6, 6.07) is 8.78. The van der Waals surface area contributed by atoms with Crippen LogP contribution in [0.25, 0.3) is 0 Å². The van der Waals surface area contributed by atoms with Gasteiger partial charge in [-0.2, -0.15) is 0 Å². The van der Waals surface area contributed by atoms with Gasteiger partial charge in [-0.3, -0.25) is 0 Å². The predicted octanol–water partition coefficient (Wildman–Crippen LogP) is 4.03. The Morgan fingerprint density at radius 1 is 1.23 bits per heavy atom. The highest BCUT2D eigenvalue weighted by Crippen LogP contribution is 2.38. The molecule has 1 fully saturated rings. The summed E-state index contributed by atoms with van der Waals surface area (Å²) >= 11 is 3.70. The zero-order chi connectivity index (χ0) is 9.26. The van der Waals surface area contributed by atoms with Crippen molar-refractivity contribution in [1.29, 1.82) is 0 Å². The van der Waals surface area contributed by atoms with E-state index in [4.69, 9.17) is 0 Å². The van der Waals surface area contributed by atoms with E-state index < -0.39 is 0 Å². The maximum absolute atomic E-state index is 3.70. The van der Waals surface area contributed by atoms with Crippen LogP contribution in [0.4, 0.5) is 0 Å². The average Bonchev–Trinajstić information content (AvgIpc) is 2.53. The third kappa shape index (κ3) is 1.96. The number of halogens is 1. The van der Waals surface area contributed by atoms with Gasteiger partial charge in [0, 0.05) is 4.83 Å². The lowest BCUT2D eigenvalue weighted by molar-refractivity contribution is 0.720. The number of hydrogen-bond acceptors (Lipinski definition) is 0. The Morgan fingerprint density at radius 3 is 2.62 bits per heavy atom. The van der Waals surface area contributed by atoms with E-state index in [0.717, 1.165) is 10.7 Å². The van der Waals surface area contributed by atoms with Gasteiger partial charge in [0.15, 0.2) is 0 Å². The molecule has 1 saturated carbocycles. The van der Waals surface area contributed by atoms with Gasteiger partial charge in [0.05, 0.1) is 0 Å². The summed E-state index contributed by atoms with van der Waals surface area (Å²) in [7, 11) is 0. The summed E-state index contributed by atoms with van der Waals surface area (Å²) in [5, 5.41) is 0. The second-order valence-corrected chi connectivity index (χ2v) is 5.26. The molecular formula is C12H15Br. The molecule has 1 aromatic rings. The molecule has 2 rings (SSSR count). The minimum absolute atomic E-state index is 0.747. The second-order valence-electron chi connectivity index (χ2n) is 3.96. The quantitative estimate of drug-likeness (QED) is 0.649. The molecule has 0 saturated heterocycles. The highest BCUT2D eigenvalue weighted by Gasteiger charge is 2.24. The maximum atomic E-state index is 3.70. The van der Waals surface area contributed by atoms with Crippen molar-refractivity contribution in [1.82, 2.24) is 0 Å². The SMILES string of the molecule is Cc1ccccc1C1CCC(Br)C1. The number of aryl methyl sites for hydroxylation is 1. The van der Waals surface area contributed by atoms with Gasteiger partial charge in [0.2, 0.25) is 0 Å². The molecule has 0 radical (unpaired) electrons. The third-order valence-electron chi connectivity index (χ3n) is 3.00. The topological polar surface area (TPSA) is 0 Å². The first-order valence-corrected chi connectivity index (χ1v) is 5.88.